The smallest absolute Gasteiger partial charge is 0.0721 e. The van der Waals surface area contributed by atoms with Gasteiger partial charge >= 0.3 is 0 Å². The molecule has 17 heavy (non-hydrogen) atoms. The van der Waals surface area contributed by atoms with Crippen LogP contribution in [0.25, 0.3) is 11.1 Å². The average molecular weight is 249 g/mol. The van der Waals surface area contributed by atoms with Gasteiger partial charge in [0.2, 0.25) is 0 Å². The minimum absolute atomic E-state index is 0.619. The summed E-state index contributed by atoms with van der Waals surface area (Å²) in [6.45, 7) is 0. The van der Waals surface area contributed by atoms with Crippen molar-refractivity contribution >= 4 is 17.7 Å². The minimum atomic E-state index is 0.619. The largest absolute Gasteiger partial charge is 0.399 e. The van der Waals surface area contributed by atoms with E-state index in [0.717, 1.165) is 28.1 Å². The van der Waals surface area contributed by atoms with Gasteiger partial charge in [-0.2, -0.15) is 0 Å². The number of anilines is 1. The Labute approximate surface area is 103 Å². The first-order valence-electron chi connectivity index (χ1n) is 4.91. The summed E-state index contributed by atoms with van der Waals surface area (Å²) in [6, 6.07) is 15.3. The Kier molecular flexibility index (Phi) is 4.00. The molecule has 0 radical (unpaired) electrons. The summed E-state index contributed by atoms with van der Waals surface area (Å²) in [7, 11) is 0. The highest BCUT2D eigenvalue weighted by atomic mass is 32.2. The molecule has 0 fully saturated rings. The number of nitrogen functional groups attached to an aromatic ring is 1. The molecule has 0 spiro atoms. The van der Waals surface area contributed by atoms with Crippen molar-refractivity contribution in [1.82, 2.24) is 0 Å². The zero-order valence-corrected chi connectivity index (χ0v) is 9.68. The van der Waals surface area contributed by atoms with Crippen molar-refractivity contribution in [2.24, 2.45) is 0 Å². The highest BCUT2D eigenvalue weighted by Gasteiger charge is 2.07. The van der Waals surface area contributed by atoms with Gasteiger partial charge in [-0.1, -0.05) is 41.4 Å². The third-order valence-corrected chi connectivity index (χ3v) is 2.89. The molecule has 0 aliphatic carbocycles. The Balaban J connectivity index is 2.39. The predicted octanol–water partition coefficient (Wildman–Crippen LogP) is 3.36. The van der Waals surface area contributed by atoms with E-state index < -0.39 is 0 Å². The Morgan fingerprint density at radius 1 is 1.06 bits per heavy atom. The molecule has 0 bridgehead atoms. The lowest BCUT2D eigenvalue weighted by molar-refractivity contribution is -0.432. The van der Waals surface area contributed by atoms with Crippen LogP contribution >= 0.6 is 12.0 Å². The molecule has 2 aromatic rings. The van der Waals surface area contributed by atoms with Crippen LogP contribution in [0.4, 0.5) is 5.69 Å². The second-order valence-corrected chi connectivity index (χ2v) is 4.09. The fourth-order valence-electron chi connectivity index (χ4n) is 1.52. The quantitative estimate of drug-likeness (QED) is 0.376. The summed E-state index contributed by atoms with van der Waals surface area (Å²) in [5.41, 5.74) is 8.32. The molecule has 4 nitrogen and oxygen atoms in total. The Morgan fingerprint density at radius 3 is 2.53 bits per heavy atom. The van der Waals surface area contributed by atoms with Crippen molar-refractivity contribution in [3.05, 3.63) is 48.5 Å². The molecule has 0 saturated carbocycles. The molecule has 0 aliphatic rings. The van der Waals surface area contributed by atoms with E-state index >= 15 is 0 Å². The van der Waals surface area contributed by atoms with Crippen LogP contribution in [-0.2, 0) is 9.37 Å². The SMILES string of the molecule is Nc1ccc(-c2ccccc2)c(SOOO)c1. The van der Waals surface area contributed by atoms with Crippen LogP contribution in [0.2, 0.25) is 0 Å². The van der Waals surface area contributed by atoms with Crippen molar-refractivity contribution in [3.8, 4) is 11.1 Å². The van der Waals surface area contributed by atoms with E-state index in [1.807, 2.05) is 42.5 Å². The van der Waals surface area contributed by atoms with Crippen molar-refractivity contribution in [1.29, 1.82) is 0 Å². The van der Waals surface area contributed by atoms with Gasteiger partial charge in [-0.3, -0.25) is 0 Å². The highest BCUT2D eigenvalue weighted by Crippen LogP contribution is 2.33. The summed E-state index contributed by atoms with van der Waals surface area (Å²) in [5.74, 6) is 0. The first-order chi connectivity index (χ1) is 8.31. The summed E-state index contributed by atoms with van der Waals surface area (Å²) < 4.78 is 4.45. The van der Waals surface area contributed by atoms with Gasteiger partial charge in [0.15, 0.2) is 0 Å². The topological polar surface area (TPSA) is 64.7 Å². The molecule has 3 N–H and O–H groups in total. The number of benzene rings is 2. The Hall–Kier alpha value is -1.53. The molecule has 88 valence electrons. The molecule has 2 aromatic carbocycles. The first kappa shape index (κ1) is 11.9. The lowest BCUT2D eigenvalue weighted by Gasteiger charge is -2.08. The maximum Gasteiger partial charge on any atom is 0.0721 e. The van der Waals surface area contributed by atoms with Crippen LogP contribution in [0.5, 0.6) is 0 Å². The van der Waals surface area contributed by atoms with Gasteiger partial charge in [-0.15, -0.1) is 4.33 Å². The van der Waals surface area contributed by atoms with Crippen LogP contribution in [0, 0.1) is 0 Å². The molecule has 0 amide bonds. The fourth-order valence-corrected chi connectivity index (χ4v) is 2.08. The van der Waals surface area contributed by atoms with Gasteiger partial charge in [0, 0.05) is 10.6 Å². The summed E-state index contributed by atoms with van der Waals surface area (Å²) in [4.78, 5) is 0.769. The Morgan fingerprint density at radius 2 is 1.82 bits per heavy atom. The third kappa shape index (κ3) is 2.98. The van der Waals surface area contributed by atoms with Gasteiger partial charge in [-0.25, -0.2) is 5.26 Å². The normalized spacial score (nSPS) is 10.4. The molecule has 2 rings (SSSR count). The van der Waals surface area contributed by atoms with Crippen molar-refractivity contribution in [2.45, 2.75) is 4.90 Å². The minimum Gasteiger partial charge on any atom is -0.399 e. The summed E-state index contributed by atoms with van der Waals surface area (Å²) >= 11 is 0.904. The standard InChI is InChI=1S/C12H11NO3S/c13-10-6-7-11(9-4-2-1-3-5-9)12(8-10)17-16-15-14/h1-8,14H,13H2. The Bertz CT molecular complexity index is 490. The van der Waals surface area contributed by atoms with Gasteiger partial charge in [0.1, 0.15) is 0 Å². The fraction of sp³-hybridized carbons (Fsp3) is 0. The molecular formula is C12H11NO3S. The van der Waals surface area contributed by atoms with Crippen LogP contribution in [0.1, 0.15) is 0 Å². The van der Waals surface area contributed by atoms with E-state index in [1.165, 1.54) is 0 Å². The van der Waals surface area contributed by atoms with Crippen molar-refractivity contribution < 1.29 is 14.6 Å². The highest BCUT2D eigenvalue weighted by molar-refractivity contribution is 7.94. The van der Waals surface area contributed by atoms with Crippen LogP contribution < -0.4 is 5.73 Å². The molecule has 0 aliphatic heterocycles. The molecule has 0 aromatic heterocycles. The van der Waals surface area contributed by atoms with E-state index in [0.29, 0.717) is 5.69 Å². The first-order valence-corrected chi connectivity index (χ1v) is 5.65. The molecule has 5 heteroatoms. The van der Waals surface area contributed by atoms with E-state index in [-0.39, 0.29) is 0 Å². The molecular weight excluding hydrogens is 238 g/mol. The van der Waals surface area contributed by atoms with Crippen molar-refractivity contribution in [2.75, 3.05) is 5.73 Å². The summed E-state index contributed by atoms with van der Waals surface area (Å²) in [5, 5.41) is 11.8. The second kappa shape index (κ2) is 5.70. The number of nitrogens with two attached hydrogens (primary N) is 1. The van der Waals surface area contributed by atoms with Crippen LogP contribution in [-0.4, -0.2) is 5.26 Å². The number of rotatable bonds is 4. The second-order valence-electron chi connectivity index (χ2n) is 3.35. The van der Waals surface area contributed by atoms with E-state index in [1.54, 1.807) is 6.07 Å². The van der Waals surface area contributed by atoms with Crippen molar-refractivity contribution in [3.63, 3.8) is 0 Å². The lowest BCUT2D eigenvalue weighted by Crippen LogP contribution is -1.89. The third-order valence-electron chi connectivity index (χ3n) is 2.24. The average Bonchev–Trinajstić information content (AvgIpc) is 2.37. The van der Waals surface area contributed by atoms with Gasteiger partial charge in [0.05, 0.1) is 12.0 Å². The number of hydrogen-bond donors (Lipinski definition) is 2. The molecule has 0 saturated heterocycles. The number of hydrogen-bond acceptors (Lipinski definition) is 5. The lowest BCUT2D eigenvalue weighted by atomic mass is 10.1. The predicted molar refractivity (Wildman–Crippen MR) is 66.9 cm³/mol. The van der Waals surface area contributed by atoms with Gasteiger partial charge < -0.3 is 5.73 Å². The van der Waals surface area contributed by atoms with Gasteiger partial charge in [-0.05, 0) is 23.3 Å². The maximum absolute atomic E-state index is 8.18. The zero-order chi connectivity index (χ0) is 12.1. The van der Waals surface area contributed by atoms with E-state index in [2.05, 4.69) is 9.37 Å². The molecule has 0 heterocycles. The molecule has 0 unspecified atom stereocenters. The van der Waals surface area contributed by atoms with E-state index in [4.69, 9.17) is 11.0 Å². The zero-order valence-electron chi connectivity index (χ0n) is 8.87. The molecule has 0 atom stereocenters. The monoisotopic (exact) mass is 249 g/mol. The van der Waals surface area contributed by atoms with Crippen LogP contribution in [0.3, 0.4) is 0 Å². The van der Waals surface area contributed by atoms with E-state index in [9.17, 15) is 0 Å². The maximum atomic E-state index is 8.18. The van der Waals surface area contributed by atoms with Crippen LogP contribution in [0.15, 0.2) is 53.4 Å². The summed E-state index contributed by atoms with van der Waals surface area (Å²) in [6.07, 6.45) is 0. The van der Waals surface area contributed by atoms with Gasteiger partial charge in [0.25, 0.3) is 0 Å².